The number of hydrogen-bond acceptors (Lipinski definition) is 4. The number of carbonyl (C=O) groups is 1. The second-order valence-corrected chi connectivity index (χ2v) is 8.89. The normalized spacial score (nSPS) is 11.5. The Balaban J connectivity index is 1.82. The van der Waals surface area contributed by atoms with E-state index in [1.807, 2.05) is 60.7 Å². The van der Waals surface area contributed by atoms with E-state index in [1.165, 1.54) is 20.2 Å². The van der Waals surface area contributed by atoms with E-state index in [9.17, 15) is 17.6 Å². The van der Waals surface area contributed by atoms with Gasteiger partial charge in [-0.05, 0) is 29.3 Å². The molecule has 3 aromatic carbocycles. The SMILES string of the molecule is COc1ccc(F)cc1S(=O)(=O)N(C)CC(=O)NC(c1ccccc1)c1ccccc1. The van der Waals surface area contributed by atoms with Crippen molar-refractivity contribution in [3.05, 3.63) is 95.8 Å². The molecule has 162 valence electrons. The molecule has 0 saturated carbocycles. The van der Waals surface area contributed by atoms with Crippen molar-refractivity contribution in [2.75, 3.05) is 20.7 Å². The summed E-state index contributed by atoms with van der Waals surface area (Å²) in [5, 5.41) is 2.89. The predicted molar refractivity (Wildman–Crippen MR) is 116 cm³/mol. The fraction of sp³-hybridized carbons (Fsp3) is 0.174. The Morgan fingerprint density at radius 2 is 1.55 bits per heavy atom. The first kappa shape index (κ1) is 22.5. The summed E-state index contributed by atoms with van der Waals surface area (Å²) in [6, 6.07) is 21.5. The Labute approximate surface area is 181 Å². The minimum absolute atomic E-state index is 0.0000980. The average molecular weight is 443 g/mol. The standard InChI is InChI=1S/C23H23FN2O4S/c1-26(31(28,29)21-15-19(24)13-14-20(21)30-2)16-22(27)25-23(17-9-5-3-6-10-17)18-11-7-4-8-12-18/h3-15,23H,16H2,1-2H3,(H,25,27). The van der Waals surface area contributed by atoms with Crippen molar-refractivity contribution in [2.45, 2.75) is 10.9 Å². The number of nitrogens with zero attached hydrogens (tertiary/aromatic N) is 1. The van der Waals surface area contributed by atoms with E-state index < -0.39 is 34.3 Å². The summed E-state index contributed by atoms with van der Waals surface area (Å²) in [7, 11) is -1.60. The zero-order valence-electron chi connectivity index (χ0n) is 17.2. The molecule has 0 heterocycles. The zero-order chi connectivity index (χ0) is 22.4. The fourth-order valence-electron chi connectivity index (χ4n) is 3.16. The summed E-state index contributed by atoms with van der Waals surface area (Å²) >= 11 is 0. The van der Waals surface area contributed by atoms with E-state index in [1.54, 1.807) is 0 Å². The van der Waals surface area contributed by atoms with Gasteiger partial charge in [-0.3, -0.25) is 4.79 Å². The molecule has 1 amide bonds. The Hall–Kier alpha value is -3.23. The van der Waals surface area contributed by atoms with Crippen molar-refractivity contribution in [3.63, 3.8) is 0 Å². The third-order valence-corrected chi connectivity index (χ3v) is 6.58. The summed E-state index contributed by atoms with van der Waals surface area (Å²) in [5.74, 6) is -1.22. The molecule has 1 N–H and O–H groups in total. The molecule has 0 saturated heterocycles. The number of methoxy groups -OCH3 is 1. The van der Waals surface area contributed by atoms with Crippen LogP contribution in [0.25, 0.3) is 0 Å². The monoisotopic (exact) mass is 442 g/mol. The lowest BCUT2D eigenvalue weighted by atomic mass is 9.99. The molecule has 0 fully saturated rings. The molecule has 0 atom stereocenters. The highest BCUT2D eigenvalue weighted by Crippen LogP contribution is 2.27. The average Bonchev–Trinajstić information content (AvgIpc) is 2.78. The minimum atomic E-state index is -4.16. The lowest BCUT2D eigenvalue weighted by Crippen LogP contribution is -2.40. The summed E-state index contributed by atoms with van der Waals surface area (Å²) in [6.45, 7) is -0.446. The van der Waals surface area contributed by atoms with Gasteiger partial charge in [0.15, 0.2) is 0 Å². The van der Waals surface area contributed by atoms with Crippen LogP contribution < -0.4 is 10.1 Å². The number of carbonyl (C=O) groups excluding carboxylic acids is 1. The lowest BCUT2D eigenvalue weighted by molar-refractivity contribution is -0.121. The third kappa shape index (κ3) is 5.28. The van der Waals surface area contributed by atoms with Crippen LogP contribution in [0.5, 0.6) is 5.75 Å². The smallest absolute Gasteiger partial charge is 0.247 e. The number of halogens is 1. The topological polar surface area (TPSA) is 75.7 Å². The quantitative estimate of drug-likeness (QED) is 0.581. The van der Waals surface area contributed by atoms with Crippen LogP contribution in [0.15, 0.2) is 83.8 Å². The Morgan fingerprint density at radius 1 is 1.00 bits per heavy atom. The maximum atomic E-state index is 13.7. The number of likely N-dealkylation sites (N-methyl/N-ethyl adjacent to an activating group) is 1. The largest absolute Gasteiger partial charge is 0.495 e. The molecule has 0 aliphatic heterocycles. The second-order valence-electron chi connectivity index (χ2n) is 6.88. The number of nitrogens with one attached hydrogen (secondary N) is 1. The van der Waals surface area contributed by atoms with Gasteiger partial charge < -0.3 is 10.1 Å². The molecule has 0 bridgehead atoms. The summed E-state index contributed by atoms with van der Waals surface area (Å²) in [4.78, 5) is 12.4. The van der Waals surface area contributed by atoms with E-state index in [4.69, 9.17) is 4.74 Å². The third-order valence-electron chi connectivity index (χ3n) is 4.75. The van der Waals surface area contributed by atoms with Crippen LogP contribution in [0, 0.1) is 5.82 Å². The highest BCUT2D eigenvalue weighted by molar-refractivity contribution is 7.89. The first-order valence-corrected chi connectivity index (χ1v) is 11.0. The molecule has 0 radical (unpaired) electrons. The number of amides is 1. The number of sulfonamides is 1. The number of hydrogen-bond donors (Lipinski definition) is 1. The first-order valence-electron chi connectivity index (χ1n) is 9.52. The van der Waals surface area contributed by atoms with E-state index >= 15 is 0 Å². The van der Waals surface area contributed by atoms with Crippen LogP contribution in [0.3, 0.4) is 0 Å². The van der Waals surface area contributed by atoms with Crippen molar-refractivity contribution in [2.24, 2.45) is 0 Å². The molecule has 0 aliphatic rings. The number of ether oxygens (including phenoxy) is 1. The first-order chi connectivity index (χ1) is 14.8. The van der Waals surface area contributed by atoms with Crippen LogP contribution in [0.4, 0.5) is 4.39 Å². The van der Waals surface area contributed by atoms with Gasteiger partial charge >= 0.3 is 0 Å². The predicted octanol–water partition coefficient (Wildman–Crippen LogP) is 3.36. The molecule has 0 spiro atoms. The van der Waals surface area contributed by atoms with Crippen LogP contribution in [0.1, 0.15) is 17.2 Å². The van der Waals surface area contributed by atoms with Gasteiger partial charge in [-0.1, -0.05) is 60.7 Å². The van der Waals surface area contributed by atoms with Gasteiger partial charge in [-0.2, -0.15) is 4.31 Å². The second kappa shape index (κ2) is 9.72. The van der Waals surface area contributed by atoms with Crippen molar-refractivity contribution in [1.29, 1.82) is 0 Å². The molecule has 0 unspecified atom stereocenters. The van der Waals surface area contributed by atoms with Gasteiger partial charge in [0.05, 0.1) is 19.7 Å². The van der Waals surface area contributed by atoms with Gasteiger partial charge in [-0.15, -0.1) is 0 Å². The van der Waals surface area contributed by atoms with Gasteiger partial charge in [0.2, 0.25) is 15.9 Å². The van der Waals surface area contributed by atoms with Crippen LogP contribution >= 0.6 is 0 Å². The maximum absolute atomic E-state index is 13.7. The van der Waals surface area contributed by atoms with Crippen molar-refractivity contribution < 1.29 is 22.3 Å². The molecule has 0 aromatic heterocycles. The molecule has 3 rings (SSSR count). The summed E-state index contributed by atoms with van der Waals surface area (Å²) in [6.07, 6.45) is 0. The Morgan fingerprint density at radius 3 is 2.06 bits per heavy atom. The molecule has 8 heteroatoms. The molecular formula is C23H23FN2O4S. The molecule has 3 aromatic rings. The highest BCUT2D eigenvalue weighted by atomic mass is 32.2. The maximum Gasteiger partial charge on any atom is 0.247 e. The number of rotatable bonds is 8. The Kier molecular flexibility index (Phi) is 7.04. The van der Waals surface area contributed by atoms with Crippen molar-refractivity contribution in [3.8, 4) is 5.75 Å². The fourth-order valence-corrected chi connectivity index (χ4v) is 4.45. The van der Waals surface area contributed by atoms with Crippen molar-refractivity contribution >= 4 is 15.9 Å². The molecule has 6 nitrogen and oxygen atoms in total. The highest BCUT2D eigenvalue weighted by Gasteiger charge is 2.28. The van der Waals surface area contributed by atoms with E-state index in [-0.39, 0.29) is 10.6 Å². The Bertz CT molecular complexity index is 1100. The summed E-state index contributed by atoms with van der Waals surface area (Å²) in [5.41, 5.74) is 1.72. The van der Waals surface area contributed by atoms with Gasteiger partial charge in [-0.25, -0.2) is 12.8 Å². The van der Waals surface area contributed by atoms with E-state index in [0.29, 0.717) is 0 Å². The zero-order valence-corrected chi connectivity index (χ0v) is 18.0. The number of benzene rings is 3. The molecule has 31 heavy (non-hydrogen) atoms. The van der Waals surface area contributed by atoms with Gasteiger partial charge in [0.25, 0.3) is 0 Å². The van der Waals surface area contributed by atoms with Gasteiger partial charge in [0.1, 0.15) is 16.5 Å². The van der Waals surface area contributed by atoms with Crippen LogP contribution in [0.2, 0.25) is 0 Å². The van der Waals surface area contributed by atoms with E-state index in [0.717, 1.165) is 27.6 Å². The van der Waals surface area contributed by atoms with Crippen LogP contribution in [-0.4, -0.2) is 39.3 Å². The molecule has 0 aliphatic carbocycles. The van der Waals surface area contributed by atoms with Gasteiger partial charge in [0, 0.05) is 7.05 Å². The van der Waals surface area contributed by atoms with E-state index in [2.05, 4.69) is 5.32 Å². The minimum Gasteiger partial charge on any atom is -0.495 e. The summed E-state index contributed by atoms with van der Waals surface area (Å²) < 4.78 is 45.4. The lowest BCUT2D eigenvalue weighted by Gasteiger charge is -2.23. The molecular weight excluding hydrogens is 419 g/mol. The van der Waals surface area contributed by atoms with Crippen molar-refractivity contribution in [1.82, 2.24) is 9.62 Å². The van der Waals surface area contributed by atoms with Crippen LogP contribution in [-0.2, 0) is 14.8 Å².